The van der Waals surface area contributed by atoms with E-state index in [0.29, 0.717) is 22.0 Å². The van der Waals surface area contributed by atoms with Crippen molar-refractivity contribution in [3.8, 4) is 12.3 Å². The predicted molar refractivity (Wildman–Crippen MR) is 111 cm³/mol. The van der Waals surface area contributed by atoms with Crippen LogP contribution in [0.5, 0.6) is 0 Å². The molecule has 2 atom stereocenters. The van der Waals surface area contributed by atoms with Crippen molar-refractivity contribution in [2.45, 2.75) is 19.8 Å². The van der Waals surface area contributed by atoms with Gasteiger partial charge in [0.05, 0.1) is 41.6 Å². The summed E-state index contributed by atoms with van der Waals surface area (Å²) in [6.07, 6.45) is 5.24. The number of carbonyl (C=O) groups excluding carboxylic acids is 2. The van der Waals surface area contributed by atoms with E-state index in [0.717, 1.165) is 0 Å². The van der Waals surface area contributed by atoms with Crippen LogP contribution < -0.4 is 0 Å². The van der Waals surface area contributed by atoms with E-state index < -0.39 is 23.8 Å². The lowest BCUT2D eigenvalue weighted by molar-refractivity contribution is -0.144. The first-order valence-electron chi connectivity index (χ1n) is 8.85. The van der Waals surface area contributed by atoms with Gasteiger partial charge in [-0.25, -0.2) is 4.79 Å². The molecule has 1 aliphatic rings. The number of methoxy groups -OCH3 is 1. The van der Waals surface area contributed by atoms with E-state index in [1.807, 2.05) is 0 Å². The molecule has 8 heteroatoms. The molecule has 0 saturated heterocycles. The van der Waals surface area contributed by atoms with E-state index in [1.165, 1.54) is 7.11 Å². The van der Waals surface area contributed by atoms with Crippen molar-refractivity contribution < 1.29 is 23.8 Å². The fourth-order valence-electron chi connectivity index (χ4n) is 3.23. The summed E-state index contributed by atoms with van der Waals surface area (Å²) in [4.78, 5) is 30.0. The number of hydrogen-bond acceptors (Lipinski definition) is 6. The Labute approximate surface area is 179 Å². The van der Waals surface area contributed by atoms with Crippen LogP contribution in [-0.4, -0.2) is 44.6 Å². The van der Waals surface area contributed by atoms with Crippen LogP contribution in [0.4, 0.5) is 0 Å². The van der Waals surface area contributed by atoms with Crippen LogP contribution in [0, 0.1) is 18.3 Å². The number of hydrogen-bond donors (Lipinski definition) is 0. The van der Waals surface area contributed by atoms with Crippen molar-refractivity contribution in [1.82, 2.24) is 0 Å². The highest BCUT2D eigenvalue weighted by Crippen LogP contribution is 2.44. The number of esters is 2. The van der Waals surface area contributed by atoms with Gasteiger partial charge in [0.15, 0.2) is 0 Å². The van der Waals surface area contributed by atoms with Crippen LogP contribution in [0.2, 0.25) is 10.0 Å². The summed E-state index contributed by atoms with van der Waals surface area (Å²) in [6.45, 7) is 3.51. The monoisotopic (exact) mass is 437 g/mol. The first-order valence-corrected chi connectivity index (χ1v) is 9.61. The number of terminal acetylenes is 1. The van der Waals surface area contributed by atoms with Crippen LogP contribution >= 0.6 is 23.2 Å². The number of carbonyl (C=O) groups is 2. The molecule has 0 bridgehead atoms. The van der Waals surface area contributed by atoms with Gasteiger partial charge in [-0.2, -0.15) is 0 Å². The third kappa shape index (κ3) is 4.99. The minimum Gasteiger partial charge on any atom is -0.468 e. The number of halogens is 2. The Morgan fingerprint density at radius 2 is 2.03 bits per heavy atom. The normalized spacial score (nSPS) is 18.7. The van der Waals surface area contributed by atoms with Gasteiger partial charge in [-0.3, -0.25) is 9.79 Å². The van der Waals surface area contributed by atoms with Crippen LogP contribution in [0.1, 0.15) is 25.3 Å². The molecule has 1 aliphatic heterocycles. The second kappa shape index (κ2) is 10.4. The Bertz CT molecular complexity index is 901. The molecule has 0 saturated carbocycles. The van der Waals surface area contributed by atoms with Gasteiger partial charge in [0.2, 0.25) is 0 Å². The molecule has 154 valence electrons. The predicted octanol–water partition coefficient (Wildman–Crippen LogP) is 3.81. The molecule has 6 nitrogen and oxygen atoms in total. The fourth-order valence-corrected chi connectivity index (χ4v) is 3.66. The molecule has 2 unspecified atom stereocenters. The Balaban J connectivity index is 2.74. The largest absolute Gasteiger partial charge is 0.468 e. The minimum absolute atomic E-state index is 0.0295. The van der Waals surface area contributed by atoms with Gasteiger partial charge in [-0.05, 0) is 25.5 Å². The van der Waals surface area contributed by atoms with Crippen LogP contribution in [-0.2, 0) is 23.8 Å². The first kappa shape index (κ1) is 23.0. The van der Waals surface area contributed by atoms with E-state index in [9.17, 15) is 9.59 Å². The average Bonchev–Trinajstić information content (AvgIpc) is 2.69. The van der Waals surface area contributed by atoms with Crippen molar-refractivity contribution in [1.29, 1.82) is 0 Å². The summed E-state index contributed by atoms with van der Waals surface area (Å²) in [5, 5.41) is 0.523. The summed E-state index contributed by atoms with van der Waals surface area (Å²) < 4.78 is 15.6. The van der Waals surface area contributed by atoms with Crippen LogP contribution in [0.25, 0.3) is 0 Å². The topological polar surface area (TPSA) is 74.2 Å². The highest BCUT2D eigenvalue weighted by Gasteiger charge is 2.44. The lowest BCUT2D eigenvalue weighted by atomic mass is 9.75. The molecule has 1 aromatic carbocycles. The van der Waals surface area contributed by atoms with Crippen molar-refractivity contribution in [2.75, 3.05) is 26.9 Å². The zero-order valence-electron chi connectivity index (χ0n) is 16.3. The first-order chi connectivity index (χ1) is 13.9. The molecule has 1 heterocycles. The molecule has 0 radical (unpaired) electrons. The SMILES string of the molecule is C#CCOCC1=C(C(=O)OCC)C(c2cccc(Cl)c2Cl)C(C(=O)OC)C(C)=N1. The van der Waals surface area contributed by atoms with Gasteiger partial charge in [-0.1, -0.05) is 41.3 Å². The molecule has 0 aliphatic carbocycles. The van der Waals surface area contributed by atoms with Crippen LogP contribution in [0.15, 0.2) is 34.5 Å². The van der Waals surface area contributed by atoms with Crippen molar-refractivity contribution in [3.05, 3.63) is 45.1 Å². The Hall–Kier alpha value is -2.33. The highest BCUT2D eigenvalue weighted by atomic mass is 35.5. The molecule has 2 rings (SSSR count). The summed E-state index contributed by atoms with van der Waals surface area (Å²) >= 11 is 12.7. The molecule has 0 aromatic heterocycles. The lowest BCUT2D eigenvalue weighted by Crippen LogP contribution is -2.37. The maximum Gasteiger partial charge on any atom is 0.336 e. The van der Waals surface area contributed by atoms with Gasteiger partial charge in [-0.15, -0.1) is 6.42 Å². The highest BCUT2D eigenvalue weighted by molar-refractivity contribution is 6.42. The quantitative estimate of drug-likeness (QED) is 0.368. The Morgan fingerprint density at radius 3 is 2.66 bits per heavy atom. The summed E-state index contributed by atoms with van der Waals surface area (Å²) in [7, 11) is 1.27. The number of aliphatic imine (C=N–C) groups is 1. The molecular weight excluding hydrogens is 417 g/mol. The van der Waals surface area contributed by atoms with Crippen molar-refractivity contribution in [3.63, 3.8) is 0 Å². The second-order valence-corrected chi connectivity index (χ2v) is 6.94. The summed E-state index contributed by atoms with van der Waals surface area (Å²) in [6, 6.07) is 5.01. The molecule has 1 aromatic rings. The number of nitrogens with zero attached hydrogens (tertiary/aromatic N) is 1. The zero-order valence-corrected chi connectivity index (χ0v) is 17.8. The number of ether oxygens (including phenoxy) is 3. The fraction of sp³-hybridized carbons (Fsp3) is 0.381. The molecule has 0 amide bonds. The Morgan fingerprint density at radius 1 is 1.31 bits per heavy atom. The van der Waals surface area contributed by atoms with E-state index in [1.54, 1.807) is 32.0 Å². The standard InChI is InChI=1S/C21H21Cl2NO5/c1-5-10-28-11-15-18(21(26)29-6-2)17(13-8-7-9-14(22)19(13)23)16(12(3)24-15)20(25)27-4/h1,7-9,16-17H,6,10-11H2,2-4H3. The average molecular weight is 438 g/mol. The van der Waals surface area contributed by atoms with Gasteiger partial charge >= 0.3 is 11.9 Å². The van der Waals surface area contributed by atoms with Gasteiger partial charge in [0.1, 0.15) is 12.5 Å². The maximum absolute atomic E-state index is 12.9. The lowest BCUT2D eigenvalue weighted by Gasteiger charge is -2.32. The summed E-state index contributed by atoms with van der Waals surface area (Å²) in [5.74, 6) is -0.517. The Kier molecular flexibility index (Phi) is 8.27. The van der Waals surface area contributed by atoms with Crippen LogP contribution in [0.3, 0.4) is 0 Å². The third-order valence-corrected chi connectivity index (χ3v) is 5.24. The minimum atomic E-state index is -0.883. The summed E-state index contributed by atoms with van der Waals surface area (Å²) in [5.41, 5.74) is 1.41. The van der Waals surface area contributed by atoms with E-state index in [2.05, 4.69) is 10.9 Å². The molecule has 0 spiro atoms. The number of benzene rings is 1. The van der Waals surface area contributed by atoms with E-state index >= 15 is 0 Å². The smallest absolute Gasteiger partial charge is 0.336 e. The second-order valence-electron chi connectivity index (χ2n) is 6.15. The molecule has 0 fully saturated rings. The molecule has 0 N–H and O–H groups in total. The van der Waals surface area contributed by atoms with E-state index in [-0.39, 0.29) is 30.4 Å². The van der Waals surface area contributed by atoms with E-state index in [4.69, 9.17) is 43.8 Å². The zero-order chi connectivity index (χ0) is 21.6. The van der Waals surface area contributed by atoms with Gasteiger partial charge in [0, 0.05) is 11.6 Å². The van der Waals surface area contributed by atoms with Crippen molar-refractivity contribution >= 4 is 40.9 Å². The van der Waals surface area contributed by atoms with Crippen molar-refractivity contribution in [2.24, 2.45) is 10.9 Å². The van der Waals surface area contributed by atoms with Gasteiger partial charge in [0.25, 0.3) is 0 Å². The molecule has 29 heavy (non-hydrogen) atoms. The maximum atomic E-state index is 12.9. The number of rotatable bonds is 7. The molecular formula is C21H21Cl2NO5. The third-order valence-electron chi connectivity index (χ3n) is 4.41. The van der Waals surface area contributed by atoms with Gasteiger partial charge < -0.3 is 14.2 Å².